The third-order valence-corrected chi connectivity index (χ3v) is 5.96. The molecule has 1 aliphatic heterocycles. The van der Waals surface area contributed by atoms with Gasteiger partial charge >= 0.3 is 12.3 Å². The summed E-state index contributed by atoms with van der Waals surface area (Å²) in [5.74, 6) is 0.532. The van der Waals surface area contributed by atoms with Crippen molar-refractivity contribution < 1.29 is 22.7 Å². The average molecular weight is 459 g/mol. The summed E-state index contributed by atoms with van der Waals surface area (Å²) in [6.45, 7) is 3.27. The molecule has 1 amide bonds. The number of halogens is 3. The van der Waals surface area contributed by atoms with Crippen LogP contribution in [0.3, 0.4) is 0 Å². The van der Waals surface area contributed by atoms with Gasteiger partial charge in [-0.2, -0.15) is 18.0 Å². The Morgan fingerprint density at radius 3 is 2.33 bits per heavy atom. The van der Waals surface area contributed by atoms with Gasteiger partial charge in [0.05, 0.1) is 24.1 Å². The number of nitrogens with zero attached hydrogens (tertiary/aromatic N) is 5. The molecule has 1 aromatic heterocycles. The molecule has 2 aromatic carbocycles. The normalized spacial score (nSPS) is 15.9. The summed E-state index contributed by atoms with van der Waals surface area (Å²) in [6, 6.07) is 14.8. The van der Waals surface area contributed by atoms with Gasteiger partial charge in [0.1, 0.15) is 0 Å². The summed E-state index contributed by atoms with van der Waals surface area (Å²) in [5, 5.41) is 13.1. The van der Waals surface area contributed by atoms with Crippen molar-refractivity contribution in [2.75, 3.05) is 19.7 Å². The number of tetrazole rings is 1. The van der Waals surface area contributed by atoms with E-state index in [4.69, 9.17) is 4.74 Å². The molecule has 2 heterocycles. The minimum atomic E-state index is -4.38. The van der Waals surface area contributed by atoms with Gasteiger partial charge in [-0.05, 0) is 48.2 Å². The van der Waals surface area contributed by atoms with Gasteiger partial charge < -0.3 is 9.64 Å². The van der Waals surface area contributed by atoms with Crippen molar-refractivity contribution in [1.29, 1.82) is 0 Å². The maximum absolute atomic E-state index is 12.8. The lowest BCUT2D eigenvalue weighted by molar-refractivity contribution is -0.137. The molecule has 10 heteroatoms. The molecule has 1 aliphatic rings. The van der Waals surface area contributed by atoms with E-state index in [0.29, 0.717) is 43.9 Å². The zero-order valence-corrected chi connectivity index (χ0v) is 18.1. The van der Waals surface area contributed by atoms with E-state index in [1.807, 2.05) is 30.3 Å². The van der Waals surface area contributed by atoms with Crippen LogP contribution in [0.1, 0.15) is 42.3 Å². The largest absolute Gasteiger partial charge is 0.450 e. The monoisotopic (exact) mass is 459 g/mol. The van der Waals surface area contributed by atoms with E-state index in [0.717, 1.165) is 17.7 Å². The average Bonchev–Trinajstić information content (AvgIpc) is 3.28. The quantitative estimate of drug-likeness (QED) is 0.570. The molecule has 7 nitrogen and oxygen atoms in total. The van der Waals surface area contributed by atoms with Gasteiger partial charge in [0, 0.05) is 13.1 Å². The van der Waals surface area contributed by atoms with Crippen LogP contribution in [0.25, 0.3) is 0 Å². The standard InChI is InChI=1S/C23H24F3N5O2/c1-2-33-21(32)30-14-12-22(13-15-30,18-6-4-3-5-7-18)20-27-29-31(28-20)16-17-8-10-19(11-9-17)23(24,25)26/h3-11H,2,12-16H2,1H3. The van der Waals surface area contributed by atoms with Crippen molar-refractivity contribution in [2.45, 2.75) is 37.9 Å². The summed E-state index contributed by atoms with van der Waals surface area (Å²) >= 11 is 0. The number of hydrogen-bond donors (Lipinski definition) is 0. The molecule has 1 fully saturated rings. The van der Waals surface area contributed by atoms with Crippen LogP contribution in [0.4, 0.5) is 18.0 Å². The fourth-order valence-electron chi connectivity index (χ4n) is 4.15. The maximum atomic E-state index is 12.8. The van der Waals surface area contributed by atoms with Crippen molar-refractivity contribution in [3.63, 3.8) is 0 Å². The van der Waals surface area contributed by atoms with Crippen LogP contribution in [-0.2, 0) is 22.9 Å². The van der Waals surface area contributed by atoms with E-state index in [1.165, 1.54) is 16.9 Å². The molecule has 0 saturated carbocycles. The van der Waals surface area contributed by atoms with Crippen molar-refractivity contribution >= 4 is 6.09 Å². The van der Waals surface area contributed by atoms with Crippen molar-refractivity contribution in [1.82, 2.24) is 25.1 Å². The molecule has 0 aliphatic carbocycles. The second kappa shape index (κ2) is 9.21. The number of benzene rings is 2. The van der Waals surface area contributed by atoms with Gasteiger partial charge in [0.25, 0.3) is 0 Å². The summed E-state index contributed by atoms with van der Waals surface area (Å²) in [6.07, 6.45) is -3.51. The summed E-state index contributed by atoms with van der Waals surface area (Å²) in [7, 11) is 0. The Kier molecular flexibility index (Phi) is 6.35. The molecule has 0 unspecified atom stereocenters. The number of likely N-dealkylation sites (tertiary alicyclic amines) is 1. The smallest absolute Gasteiger partial charge is 0.416 e. The van der Waals surface area contributed by atoms with Gasteiger partial charge in [-0.1, -0.05) is 42.5 Å². The third kappa shape index (κ3) is 4.84. The Bertz CT molecular complexity index is 1080. The van der Waals surface area contributed by atoms with Gasteiger partial charge in [0.2, 0.25) is 0 Å². The van der Waals surface area contributed by atoms with E-state index < -0.39 is 17.2 Å². The van der Waals surface area contributed by atoms with Crippen molar-refractivity contribution in [2.24, 2.45) is 0 Å². The third-order valence-electron chi connectivity index (χ3n) is 5.96. The van der Waals surface area contributed by atoms with Crippen LogP contribution in [0.15, 0.2) is 54.6 Å². The van der Waals surface area contributed by atoms with Crippen molar-refractivity contribution in [3.8, 4) is 0 Å². The van der Waals surface area contributed by atoms with E-state index in [9.17, 15) is 18.0 Å². The first-order chi connectivity index (χ1) is 15.8. The summed E-state index contributed by atoms with van der Waals surface area (Å²) in [4.78, 5) is 15.2. The van der Waals surface area contributed by atoms with Crippen molar-refractivity contribution in [3.05, 3.63) is 77.1 Å². The van der Waals surface area contributed by atoms with Crippen LogP contribution in [0, 0.1) is 0 Å². The highest BCUT2D eigenvalue weighted by Crippen LogP contribution is 2.40. The summed E-state index contributed by atoms with van der Waals surface area (Å²) < 4.78 is 43.6. The number of carbonyl (C=O) groups excluding carboxylic acids is 1. The lowest BCUT2D eigenvalue weighted by Crippen LogP contribution is -2.46. The minimum absolute atomic E-state index is 0.199. The highest BCUT2D eigenvalue weighted by molar-refractivity contribution is 5.67. The number of piperidine rings is 1. The number of aromatic nitrogens is 4. The van der Waals surface area contributed by atoms with Gasteiger partial charge in [-0.25, -0.2) is 4.79 Å². The SMILES string of the molecule is CCOC(=O)N1CCC(c2ccccc2)(c2nnn(Cc3ccc(C(F)(F)F)cc3)n2)CC1. The van der Waals surface area contributed by atoms with Crippen LogP contribution < -0.4 is 0 Å². The zero-order chi connectivity index (χ0) is 23.5. The number of amides is 1. The Balaban J connectivity index is 1.56. The van der Waals surface area contributed by atoms with Crippen LogP contribution in [-0.4, -0.2) is 50.9 Å². The van der Waals surface area contributed by atoms with E-state index in [1.54, 1.807) is 11.8 Å². The van der Waals surface area contributed by atoms with E-state index in [-0.39, 0.29) is 12.6 Å². The minimum Gasteiger partial charge on any atom is -0.450 e. The van der Waals surface area contributed by atoms with E-state index in [2.05, 4.69) is 15.4 Å². The number of rotatable bonds is 5. The molecule has 33 heavy (non-hydrogen) atoms. The molecule has 174 valence electrons. The number of ether oxygens (including phenoxy) is 1. The molecule has 4 rings (SSSR count). The van der Waals surface area contributed by atoms with Crippen LogP contribution in [0.5, 0.6) is 0 Å². The number of carbonyl (C=O) groups is 1. The molecule has 3 aromatic rings. The molecule has 0 N–H and O–H groups in total. The molecule has 0 bridgehead atoms. The van der Waals surface area contributed by atoms with E-state index >= 15 is 0 Å². The predicted octanol–water partition coefficient (Wildman–Crippen LogP) is 4.28. The second-order valence-corrected chi connectivity index (χ2v) is 7.97. The number of hydrogen-bond acceptors (Lipinski definition) is 5. The Hall–Kier alpha value is -3.43. The highest BCUT2D eigenvalue weighted by Gasteiger charge is 2.43. The lowest BCUT2D eigenvalue weighted by atomic mass is 9.72. The second-order valence-electron chi connectivity index (χ2n) is 7.97. The first kappa shape index (κ1) is 22.8. The Morgan fingerprint density at radius 2 is 1.73 bits per heavy atom. The zero-order valence-electron chi connectivity index (χ0n) is 18.1. The van der Waals surface area contributed by atoms with Gasteiger partial charge in [-0.15, -0.1) is 10.2 Å². The first-order valence-corrected chi connectivity index (χ1v) is 10.7. The topological polar surface area (TPSA) is 73.1 Å². The maximum Gasteiger partial charge on any atom is 0.416 e. The molecular weight excluding hydrogens is 435 g/mol. The molecular formula is C23H24F3N5O2. The Morgan fingerprint density at radius 1 is 1.06 bits per heavy atom. The molecule has 0 atom stereocenters. The molecule has 0 spiro atoms. The van der Waals surface area contributed by atoms with Gasteiger partial charge in [0.15, 0.2) is 5.82 Å². The van der Waals surface area contributed by atoms with Crippen LogP contribution in [0.2, 0.25) is 0 Å². The molecule has 1 saturated heterocycles. The van der Waals surface area contributed by atoms with Gasteiger partial charge in [-0.3, -0.25) is 0 Å². The number of alkyl halides is 3. The fraction of sp³-hybridized carbons (Fsp3) is 0.391. The summed E-state index contributed by atoms with van der Waals surface area (Å²) in [5.41, 5.74) is 0.443. The first-order valence-electron chi connectivity index (χ1n) is 10.7. The Labute approximate surface area is 189 Å². The molecule has 0 radical (unpaired) electrons. The predicted molar refractivity (Wildman–Crippen MR) is 113 cm³/mol. The lowest BCUT2D eigenvalue weighted by Gasteiger charge is -2.39. The highest BCUT2D eigenvalue weighted by atomic mass is 19.4. The van der Waals surface area contributed by atoms with Crippen LogP contribution >= 0.6 is 0 Å². The fourth-order valence-corrected chi connectivity index (χ4v) is 4.15.